The first kappa shape index (κ1) is 14.4. The Morgan fingerprint density at radius 3 is 2.44 bits per heavy atom. The number of alkyl halides is 1. The number of carboxylic acids is 1. The number of allylic oxidation sites excluding steroid dienone is 1. The van der Waals surface area contributed by atoms with Crippen molar-refractivity contribution in [3.63, 3.8) is 0 Å². The first-order valence-corrected chi connectivity index (χ1v) is 5.89. The van der Waals surface area contributed by atoms with Crippen molar-refractivity contribution in [3.8, 4) is 11.5 Å². The number of methoxy groups -OCH3 is 2. The molecule has 0 amide bonds. The molecule has 98 valence electrons. The number of carbonyl (C=O) groups is 1. The van der Waals surface area contributed by atoms with Gasteiger partial charge in [0.1, 0.15) is 0 Å². The van der Waals surface area contributed by atoms with Crippen LogP contribution >= 0.6 is 11.6 Å². The predicted octanol–water partition coefficient (Wildman–Crippen LogP) is 3.04. The van der Waals surface area contributed by atoms with Crippen molar-refractivity contribution < 1.29 is 19.4 Å². The predicted molar refractivity (Wildman–Crippen MR) is 70.9 cm³/mol. The Bertz CT molecular complexity index is 455. The van der Waals surface area contributed by atoms with E-state index in [9.17, 15) is 4.79 Å². The average Bonchev–Trinajstić information content (AvgIpc) is 2.38. The highest BCUT2D eigenvalue weighted by atomic mass is 35.5. The number of carboxylic acid groups (broad SMARTS) is 1. The standard InChI is InChI=1S/C13H15ClO4/c1-17-11-7-9(5-3-4-6-14)10(13(15)16)8-12(11)18-2/h3,5,7-8H,4,6H2,1-2H3,(H,15,16). The van der Waals surface area contributed by atoms with Crippen LogP contribution in [-0.2, 0) is 0 Å². The van der Waals surface area contributed by atoms with Gasteiger partial charge in [0, 0.05) is 5.88 Å². The molecule has 18 heavy (non-hydrogen) atoms. The Morgan fingerprint density at radius 1 is 1.33 bits per heavy atom. The lowest BCUT2D eigenvalue weighted by Crippen LogP contribution is -2.02. The van der Waals surface area contributed by atoms with Crippen LogP contribution in [0.2, 0.25) is 0 Å². The summed E-state index contributed by atoms with van der Waals surface area (Å²) in [5, 5.41) is 9.15. The summed E-state index contributed by atoms with van der Waals surface area (Å²) in [5.41, 5.74) is 0.726. The molecule has 1 rings (SSSR count). The molecule has 0 aliphatic heterocycles. The zero-order chi connectivity index (χ0) is 13.5. The van der Waals surface area contributed by atoms with Crippen molar-refractivity contribution in [3.05, 3.63) is 29.3 Å². The number of rotatable bonds is 6. The molecule has 1 aromatic carbocycles. The minimum Gasteiger partial charge on any atom is -0.493 e. The topological polar surface area (TPSA) is 55.8 Å². The molecule has 0 unspecified atom stereocenters. The summed E-state index contributed by atoms with van der Waals surface area (Å²) in [6.45, 7) is 0. The number of aromatic carboxylic acids is 1. The van der Waals surface area contributed by atoms with E-state index in [4.69, 9.17) is 26.2 Å². The third-order valence-electron chi connectivity index (χ3n) is 2.36. The average molecular weight is 271 g/mol. The Balaban J connectivity index is 3.24. The highest BCUT2D eigenvalue weighted by Gasteiger charge is 2.14. The highest BCUT2D eigenvalue weighted by molar-refractivity contribution is 6.17. The van der Waals surface area contributed by atoms with Crippen LogP contribution in [0.25, 0.3) is 6.08 Å². The molecular formula is C13H15ClO4. The second-order valence-electron chi connectivity index (χ2n) is 3.48. The van der Waals surface area contributed by atoms with E-state index in [1.165, 1.54) is 20.3 Å². The smallest absolute Gasteiger partial charge is 0.336 e. The molecule has 1 aromatic rings. The van der Waals surface area contributed by atoms with E-state index in [-0.39, 0.29) is 5.56 Å². The molecule has 5 heteroatoms. The maximum absolute atomic E-state index is 11.2. The Hall–Kier alpha value is -1.68. The lowest BCUT2D eigenvalue weighted by molar-refractivity contribution is 0.0696. The third-order valence-corrected chi connectivity index (χ3v) is 2.58. The molecule has 1 N–H and O–H groups in total. The molecule has 0 saturated carbocycles. The fourth-order valence-corrected chi connectivity index (χ4v) is 1.62. The summed E-state index contributed by atoms with van der Waals surface area (Å²) < 4.78 is 10.2. The molecule has 0 saturated heterocycles. The fraction of sp³-hybridized carbons (Fsp3) is 0.308. The monoisotopic (exact) mass is 270 g/mol. The van der Waals surface area contributed by atoms with Gasteiger partial charge in [0.25, 0.3) is 0 Å². The molecule has 0 aliphatic carbocycles. The van der Waals surface area contributed by atoms with Crippen molar-refractivity contribution in [1.82, 2.24) is 0 Å². The van der Waals surface area contributed by atoms with Crippen LogP contribution in [0.4, 0.5) is 0 Å². The third kappa shape index (κ3) is 3.40. The lowest BCUT2D eigenvalue weighted by atomic mass is 10.1. The summed E-state index contributed by atoms with van der Waals surface area (Å²) in [6.07, 6.45) is 4.21. The second-order valence-corrected chi connectivity index (χ2v) is 3.86. The first-order chi connectivity index (χ1) is 8.63. The molecule has 0 bridgehead atoms. The molecule has 0 spiro atoms. The Labute approximate surface area is 111 Å². The van der Waals surface area contributed by atoms with Gasteiger partial charge in [0.05, 0.1) is 19.8 Å². The quantitative estimate of drug-likeness (QED) is 0.807. The molecule has 0 fully saturated rings. The van der Waals surface area contributed by atoms with E-state index >= 15 is 0 Å². The molecule has 4 nitrogen and oxygen atoms in total. The van der Waals surface area contributed by atoms with E-state index in [1.54, 1.807) is 12.1 Å². The second kappa shape index (κ2) is 6.91. The van der Waals surface area contributed by atoms with Gasteiger partial charge in [-0.1, -0.05) is 12.2 Å². The van der Waals surface area contributed by atoms with Crippen molar-refractivity contribution in [2.75, 3.05) is 20.1 Å². The van der Waals surface area contributed by atoms with Crippen LogP contribution in [0.1, 0.15) is 22.3 Å². The first-order valence-electron chi connectivity index (χ1n) is 5.35. The van der Waals surface area contributed by atoms with Gasteiger partial charge in [-0.15, -0.1) is 11.6 Å². The van der Waals surface area contributed by atoms with Gasteiger partial charge in [-0.2, -0.15) is 0 Å². The molecule has 0 heterocycles. The van der Waals surface area contributed by atoms with E-state index in [0.717, 1.165) is 0 Å². The zero-order valence-electron chi connectivity index (χ0n) is 10.3. The van der Waals surface area contributed by atoms with Gasteiger partial charge in [-0.05, 0) is 24.1 Å². The Kier molecular flexibility index (Phi) is 5.52. The van der Waals surface area contributed by atoms with Gasteiger partial charge in [-0.3, -0.25) is 0 Å². The number of ether oxygens (including phenoxy) is 2. The Morgan fingerprint density at radius 2 is 1.94 bits per heavy atom. The van der Waals surface area contributed by atoms with Gasteiger partial charge in [0.2, 0.25) is 0 Å². The van der Waals surface area contributed by atoms with E-state index in [2.05, 4.69) is 0 Å². The molecule has 0 aliphatic rings. The van der Waals surface area contributed by atoms with Gasteiger partial charge in [0.15, 0.2) is 11.5 Å². The number of hydrogen-bond donors (Lipinski definition) is 1. The van der Waals surface area contributed by atoms with Crippen molar-refractivity contribution in [2.45, 2.75) is 6.42 Å². The largest absolute Gasteiger partial charge is 0.493 e. The SMILES string of the molecule is COc1cc(C=CCCCl)c(C(=O)O)cc1OC. The van der Waals surface area contributed by atoms with Crippen LogP contribution in [0.15, 0.2) is 18.2 Å². The van der Waals surface area contributed by atoms with Crippen molar-refractivity contribution in [2.24, 2.45) is 0 Å². The molecule has 0 atom stereocenters. The summed E-state index contributed by atoms with van der Waals surface area (Å²) in [4.78, 5) is 11.2. The minimum atomic E-state index is -1.01. The maximum Gasteiger partial charge on any atom is 0.336 e. The van der Waals surface area contributed by atoms with Crippen LogP contribution in [-0.4, -0.2) is 31.2 Å². The highest BCUT2D eigenvalue weighted by Crippen LogP contribution is 2.31. The molecule has 0 aromatic heterocycles. The maximum atomic E-state index is 11.2. The van der Waals surface area contributed by atoms with Crippen LogP contribution in [0.3, 0.4) is 0 Å². The summed E-state index contributed by atoms with van der Waals surface area (Å²) in [7, 11) is 2.97. The van der Waals surface area contributed by atoms with Crippen molar-refractivity contribution >= 4 is 23.6 Å². The van der Waals surface area contributed by atoms with Gasteiger partial charge in [-0.25, -0.2) is 4.79 Å². The number of benzene rings is 1. The van der Waals surface area contributed by atoms with Crippen LogP contribution < -0.4 is 9.47 Å². The van der Waals surface area contributed by atoms with E-state index in [1.807, 2.05) is 6.08 Å². The van der Waals surface area contributed by atoms with Gasteiger partial charge >= 0.3 is 5.97 Å². The molecule has 0 radical (unpaired) electrons. The minimum absolute atomic E-state index is 0.165. The number of halogens is 1. The van der Waals surface area contributed by atoms with E-state index < -0.39 is 5.97 Å². The van der Waals surface area contributed by atoms with Gasteiger partial charge < -0.3 is 14.6 Å². The number of hydrogen-bond acceptors (Lipinski definition) is 3. The lowest BCUT2D eigenvalue weighted by Gasteiger charge is -2.10. The van der Waals surface area contributed by atoms with Crippen LogP contribution in [0, 0.1) is 0 Å². The summed E-state index contributed by atoms with van der Waals surface area (Å²) in [6, 6.07) is 3.08. The van der Waals surface area contributed by atoms with Crippen molar-refractivity contribution in [1.29, 1.82) is 0 Å². The molecular weight excluding hydrogens is 256 g/mol. The normalized spacial score (nSPS) is 10.6. The van der Waals surface area contributed by atoms with E-state index in [0.29, 0.717) is 29.4 Å². The summed E-state index contributed by atoms with van der Waals surface area (Å²) in [5.74, 6) is 0.366. The van der Waals surface area contributed by atoms with Crippen LogP contribution in [0.5, 0.6) is 11.5 Å². The fourth-order valence-electron chi connectivity index (χ4n) is 1.49. The zero-order valence-corrected chi connectivity index (χ0v) is 11.0. The summed E-state index contributed by atoms with van der Waals surface area (Å²) >= 11 is 5.56.